The number of carbonyl (C=O) groups excluding carboxylic acids is 3. The Balaban J connectivity index is 2.01. The normalized spacial score (nSPS) is 10.7. The standard InChI is InChI=1S/C22H23F2NO6S/c1-14-7-8-18(31-22(23)24)16(11-14)17(26)12-30-21(28)15-5-3-4-6-19(15)32-13-20(27)25-9-10-29-2/h3-8,11,22H,9-10,12-13H2,1-2H3,(H,25,27). The maximum absolute atomic E-state index is 12.6. The monoisotopic (exact) mass is 467 g/mol. The number of hydrogen-bond donors (Lipinski definition) is 1. The van der Waals surface area contributed by atoms with E-state index in [2.05, 4.69) is 10.1 Å². The van der Waals surface area contributed by atoms with Crippen molar-refractivity contribution in [1.82, 2.24) is 5.32 Å². The number of rotatable bonds is 12. The summed E-state index contributed by atoms with van der Waals surface area (Å²) in [7, 11) is 1.53. The number of alkyl halides is 2. The molecule has 0 heterocycles. The molecule has 0 fully saturated rings. The fourth-order valence-electron chi connectivity index (χ4n) is 2.60. The van der Waals surface area contributed by atoms with Crippen molar-refractivity contribution < 1.29 is 37.4 Å². The van der Waals surface area contributed by atoms with Crippen LogP contribution in [0.4, 0.5) is 8.78 Å². The molecule has 2 rings (SSSR count). The van der Waals surface area contributed by atoms with E-state index >= 15 is 0 Å². The molecule has 0 saturated carbocycles. The van der Waals surface area contributed by atoms with Gasteiger partial charge in [-0.25, -0.2) is 4.79 Å². The van der Waals surface area contributed by atoms with Crippen LogP contribution in [0.2, 0.25) is 0 Å². The topological polar surface area (TPSA) is 90.9 Å². The molecule has 0 aromatic heterocycles. The van der Waals surface area contributed by atoms with Gasteiger partial charge in [-0.1, -0.05) is 23.8 Å². The second-order valence-corrected chi connectivity index (χ2v) is 7.52. The van der Waals surface area contributed by atoms with E-state index in [9.17, 15) is 23.2 Å². The van der Waals surface area contributed by atoms with Crippen LogP contribution in [0.5, 0.6) is 5.75 Å². The van der Waals surface area contributed by atoms with Crippen LogP contribution in [0.15, 0.2) is 47.4 Å². The van der Waals surface area contributed by atoms with Gasteiger partial charge in [-0.05, 0) is 31.2 Å². The van der Waals surface area contributed by atoms with Crippen LogP contribution in [0.3, 0.4) is 0 Å². The quantitative estimate of drug-likeness (QED) is 0.221. The van der Waals surface area contributed by atoms with Crippen molar-refractivity contribution in [3.05, 3.63) is 59.2 Å². The summed E-state index contributed by atoms with van der Waals surface area (Å²) in [5, 5.41) is 2.67. The Morgan fingerprint density at radius 3 is 2.56 bits per heavy atom. The Labute approximate surface area is 188 Å². The van der Waals surface area contributed by atoms with Gasteiger partial charge < -0.3 is 19.5 Å². The maximum atomic E-state index is 12.6. The number of nitrogens with one attached hydrogen (secondary N) is 1. The van der Waals surface area contributed by atoms with Gasteiger partial charge in [-0.2, -0.15) is 8.78 Å². The van der Waals surface area contributed by atoms with E-state index in [1.54, 1.807) is 25.1 Å². The Morgan fingerprint density at radius 1 is 1.09 bits per heavy atom. The van der Waals surface area contributed by atoms with Gasteiger partial charge in [0.1, 0.15) is 5.75 Å². The predicted molar refractivity (Wildman–Crippen MR) is 114 cm³/mol. The summed E-state index contributed by atoms with van der Waals surface area (Å²) in [5.41, 5.74) is 0.739. The lowest BCUT2D eigenvalue weighted by Gasteiger charge is -2.12. The van der Waals surface area contributed by atoms with Crippen LogP contribution in [0, 0.1) is 6.92 Å². The zero-order chi connectivity index (χ0) is 23.5. The Kier molecular flexibility index (Phi) is 10.1. The second-order valence-electron chi connectivity index (χ2n) is 6.51. The van der Waals surface area contributed by atoms with E-state index in [0.717, 1.165) is 11.8 Å². The molecule has 172 valence electrons. The first-order valence-corrected chi connectivity index (χ1v) is 10.5. The number of ether oxygens (including phenoxy) is 3. The zero-order valence-corrected chi connectivity index (χ0v) is 18.4. The molecule has 2 aromatic rings. The smallest absolute Gasteiger partial charge is 0.387 e. The summed E-state index contributed by atoms with van der Waals surface area (Å²) in [6.07, 6.45) is 0. The van der Waals surface area contributed by atoms with Crippen LogP contribution in [-0.4, -0.2) is 56.9 Å². The van der Waals surface area contributed by atoms with Crippen molar-refractivity contribution in [1.29, 1.82) is 0 Å². The number of benzene rings is 2. The first kappa shape index (κ1) is 25.3. The van der Waals surface area contributed by atoms with Gasteiger partial charge >= 0.3 is 12.6 Å². The average Bonchev–Trinajstić information content (AvgIpc) is 2.77. The number of aryl methyl sites for hydroxylation is 1. The lowest BCUT2D eigenvalue weighted by atomic mass is 10.1. The molecule has 0 aliphatic heterocycles. The minimum Gasteiger partial charge on any atom is -0.454 e. The number of ketones is 1. The van der Waals surface area contributed by atoms with Crippen molar-refractivity contribution in [3.8, 4) is 5.75 Å². The fraction of sp³-hybridized carbons (Fsp3) is 0.318. The third-order valence-electron chi connectivity index (χ3n) is 4.08. The van der Waals surface area contributed by atoms with Crippen LogP contribution >= 0.6 is 11.8 Å². The number of thioether (sulfide) groups is 1. The molecule has 0 spiro atoms. The van der Waals surface area contributed by atoms with Gasteiger partial charge in [-0.15, -0.1) is 11.8 Å². The van der Waals surface area contributed by atoms with E-state index < -0.39 is 25.0 Å². The van der Waals surface area contributed by atoms with Gasteiger partial charge in [0.2, 0.25) is 11.7 Å². The van der Waals surface area contributed by atoms with Crippen LogP contribution in [0.1, 0.15) is 26.3 Å². The molecule has 2 aromatic carbocycles. The molecule has 0 atom stereocenters. The summed E-state index contributed by atoms with van der Waals surface area (Å²) in [6, 6.07) is 10.7. The third-order valence-corrected chi connectivity index (χ3v) is 5.15. The Morgan fingerprint density at radius 2 is 1.84 bits per heavy atom. The van der Waals surface area contributed by atoms with Crippen LogP contribution < -0.4 is 10.1 Å². The van der Waals surface area contributed by atoms with Crippen molar-refractivity contribution >= 4 is 29.4 Å². The molecule has 0 saturated heterocycles. The molecule has 10 heteroatoms. The molecular formula is C22H23F2NO6S. The first-order valence-electron chi connectivity index (χ1n) is 9.55. The number of halogens is 2. The van der Waals surface area contributed by atoms with Gasteiger partial charge in [0.05, 0.1) is 23.5 Å². The van der Waals surface area contributed by atoms with E-state index in [1.807, 2.05) is 0 Å². The summed E-state index contributed by atoms with van der Waals surface area (Å²) in [4.78, 5) is 37.4. The summed E-state index contributed by atoms with van der Waals surface area (Å²) in [5.74, 6) is -1.89. The molecule has 0 aliphatic rings. The second kappa shape index (κ2) is 12.8. The summed E-state index contributed by atoms with van der Waals surface area (Å²) >= 11 is 1.14. The number of methoxy groups -OCH3 is 1. The summed E-state index contributed by atoms with van der Waals surface area (Å²) < 4.78 is 39.6. The molecule has 0 bridgehead atoms. The third kappa shape index (κ3) is 7.93. The highest BCUT2D eigenvalue weighted by molar-refractivity contribution is 8.00. The predicted octanol–water partition coefficient (Wildman–Crippen LogP) is 3.49. The van der Waals surface area contributed by atoms with Gasteiger partial charge in [0.15, 0.2) is 6.61 Å². The SMILES string of the molecule is COCCNC(=O)CSc1ccccc1C(=O)OCC(=O)c1cc(C)ccc1OC(F)F. The van der Waals surface area contributed by atoms with E-state index in [-0.39, 0.29) is 28.5 Å². The molecule has 0 unspecified atom stereocenters. The van der Waals surface area contributed by atoms with Crippen molar-refractivity contribution in [3.63, 3.8) is 0 Å². The highest BCUT2D eigenvalue weighted by atomic mass is 32.2. The van der Waals surface area contributed by atoms with Gasteiger partial charge in [0.25, 0.3) is 0 Å². The number of Topliss-reactive ketones (excluding diaryl/α,β-unsaturated/α-hetero) is 1. The maximum Gasteiger partial charge on any atom is 0.387 e. The molecule has 1 N–H and O–H groups in total. The molecular weight excluding hydrogens is 444 g/mol. The highest BCUT2D eigenvalue weighted by Crippen LogP contribution is 2.25. The number of carbonyl (C=O) groups is 3. The number of amides is 1. The Hall–Kier alpha value is -2.98. The van der Waals surface area contributed by atoms with Gasteiger partial charge in [0, 0.05) is 18.6 Å². The molecule has 7 nitrogen and oxygen atoms in total. The minimum absolute atomic E-state index is 0.0740. The van der Waals surface area contributed by atoms with Crippen molar-refractivity contribution in [2.45, 2.75) is 18.4 Å². The summed E-state index contributed by atoms with van der Waals surface area (Å²) in [6.45, 7) is -1.30. The molecule has 0 radical (unpaired) electrons. The Bertz CT molecular complexity index is 954. The molecule has 32 heavy (non-hydrogen) atoms. The van der Waals surface area contributed by atoms with Gasteiger partial charge in [-0.3, -0.25) is 9.59 Å². The fourth-order valence-corrected chi connectivity index (χ4v) is 3.47. The highest BCUT2D eigenvalue weighted by Gasteiger charge is 2.20. The molecule has 0 aliphatic carbocycles. The van der Waals surface area contributed by atoms with E-state index in [1.165, 1.54) is 31.4 Å². The zero-order valence-electron chi connectivity index (χ0n) is 17.6. The lowest BCUT2D eigenvalue weighted by Crippen LogP contribution is -2.28. The minimum atomic E-state index is -3.09. The average molecular weight is 467 g/mol. The number of hydrogen-bond acceptors (Lipinski definition) is 7. The number of esters is 1. The van der Waals surface area contributed by atoms with E-state index in [0.29, 0.717) is 23.6 Å². The molecule has 1 amide bonds. The van der Waals surface area contributed by atoms with Crippen LogP contribution in [-0.2, 0) is 14.3 Å². The van der Waals surface area contributed by atoms with E-state index in [4.69, 9.17) is 9.47 Å². The van der Waals surface area contributed by atoms with Crippen molar-refractivity contribution in [2.24, 2.45) is 0 Å². The van der Waals surface area contributed by atoms with Crippen molar-refractivity contribution in [2.75, 3.05) is 32.6 Å². The first-order chi connectivity index (χ1) is 15.3. The largest absolute Gasteiger partial charge is 0.454 e. The lowest BCUT2D eigenvalue weighted by molar-refractivity contribution is -0.118. The van der Waals surface area contributed by atoms with Crippen LogP contribution in [0.25, 0.3) is 0 Å².